The van der Waals surface area contributed by atoms with Gasteiger partial charge in [-0.3, -0.25) is 0 Å². The summed E-state index contributed by atoms with van der Waals surface area (Å²) in [6.45, 7) is 0. The molecule has 0 fully saturated rings. The maximum absolute atomic E-state index is 13.2. The molecule has 0 saturated heterocycles. The van der Waals surface area contributed by atoms with Gasteiger partial charge in [-0.25, -0.2) is 4.39 Å². The third-order valence-corrected chi connectivity index (χ3v) is 2.97. The van der Waals surface area contributed by atoms with Gasteiger partial charge in [0.2, 0.25) is 5.95 Å². The quantitative estimate of drug-likeness (QED) is 0.757. The average Bonchev–Trinajstić information content (AvgIpc) is 2.47. The largest absolute Gasteiger partial charge is 0.339 e. The van der Waals surface area contributed by atoms with Crippen molar-refractivity contribution in [1.29, 1.82) is 0 Å². The van der Waals surface area contributed by atoms with E-state index in [1.807, 2.05) is 12.1 Å². The fourth-order valence-corrected chi connectivity index (χ4v) is 2.02. The minimum absolute atomic E-state index is 0.309. The lowest BCUT2D eigenvalue weighted by Crippen LogP contribution is -2.02. The van der Waals surface area contributed by atoms with E-state index in [4.69, 9.17) is 11.6 Å². The summed E-state index contributed by atoms with van der Waals surface area (Å²) in [5.74, 6) is 0.429. The zero-order chi connectivity index (χ0) is 15.4. The number of anilines is 4. The highest BCUT2D eigenvalue weighted by Gasteiger charge is 2.03. The first-order valence-electron chi connectivity index (χ1n) is 6.44. The van der Waals surface area contributed by atoms with E-state index in [1.165, 1.54) is 18.3 Å². The van der Waals surface area contributed by atoms with Gasteiger partial charge in [0.25, 0.3) is 0 Å². The standard InChI is InChI=1S/C15H11ClFN5/c16-10-3-1-5-12(7-10)20-15-21-14(9-18-22-15)19-13-6-2-4-11(17)8-13/h1-9H,(H2,19,20,21,22). The highest BCUT2D eigenvalue weighted by molar-refractivity contribution is 6.30. The molecule has 0 radical (unpaired) electrons. The normalized spacial score (nSPS) is 10.3. The van der Waals surface area contributed by atoms with Gasteiger partial charge in [0.15, 0.2) is 5.82 Å². The van der Waals surface area contributed by atoms with Crippen LogP contribution >= 0.6 is 11.6 Å². The lowest BCUT2D eigenvalue weighted by molar-refractivity contribution is 0.628. The second kappa shape index (κ2) is 6.36. The van der Waals surface area contributed by atoms with Crippen molar-refractivity contribution >= 4 is 34.7 Å². The molecule has 0 amide bonds. The summed E-state index contributed by atoms with van der Waals surface area (Å²) in [5, 5.41) is 14.3. The summed E-state index contributed by atoms with van der Waals surface area (Å²) < 4.78 is 13.2. The van der Waals surface area contributed by atoms with Gasteiger partial charge >= 0.3 is 0 Å². The van der Waals surface area contributed by atoms with E-state index in [1.54, 1.807) is 24.3 Å². The van der Waals surface area contributed by atoms with Crippen LogP contribution in [-0.2, 0) is 0 Å². The summed E-state index contributed by atoms with van der Waals surface area (Å²) in [7, 11) is 0. The van der Waals surface area contributed by atoms with Gasteiger partial charge in [-0.15, -0.1) is 5.10 Å². The molecule has 2 aromatic carbocycles. The molecule has 3 aromatic rings. The predicted octanol–water partition coefficient (Wildman–Crippen LogP) is 4.15. The average molecular weight is 316 g/mol. The minimum Gasteiger partial charge on any atom is -0.339 e. The summed E-state index contributed by atoms with van der Waals surface area (Å²) >= 11 is 5.92. The molecule has 1 heterocycles. The molecule has 110 valence electrons. The second-order valence-electron chi connectivity index (χ2n) is 4.44. The van der Waals surface area contributed by atoms with Crippen LogP contribution in [0.2, 0.25) is 5.02 Å². The van der Waals surface area contributed by atoms with Crippen LogP contribution < -0.4 is 10.6 Å². The van der Waals surface area contributed by atoms with Crippen molar-refractivity contribution in [2.75, 3.05) is 10.6 Å². The zero-order valence-corrected chi connectivity index (χ0v) is 12.0. The number of hydrogen-bond acceptors (Lipinski definition) is 5. The maximum atomic E-state index is 13.2. The van der Waals surface area contributed by atoms with Gasteiger partial charge < -0.3 is 10.6 Å². The van der Waals surface area contributed by atoms with Gasteiger partial charge in [0.1, 0.15) is 5.82 Å². The Morgan fingerprint density at radius 3 is 2.50 bits per heavy atom. The number of nitrogens with zero attached hydrogens (tertiary/aromatic N) is 3. The van der Waals surface area contributed by atoms with Crippen LogP contribution in [0.3, 0.4) is 0 Å². The fourth-order valence-electron chi connectivity index (χ4n) is 1.83. The number of benzene rings is 2. The molecular weight excluding hydrogens is 305 g/mol. The van der Waals surface area contributed by atoms with Crippen LogP contribution in [-0.4, -0.2) is 15.2 Å². The Morgan fingerprint density at radius 2 is 1.73 bits per heavy atom. The molecule has 2 N–H and O–H groups in total. The maximum Gasteiger partial charge on any atom is 0.249 e. The molecule has 0 spiro atoms. The lowest BCUT2D eigenvalue weighted by atomic mass is 10.3. The lowest BCUT2D eigenvalue weighted by Gasteiger charge is -2.08. The first-order valence-corrected chi connectivity index (χ1v) is 6.82. The van der Waals surface area contributed by atoms with Gasteiger partial charge in [-0.1, -0.05) is 23.7 Å². The van der Waals surface area contributed by atoms with Crippen molar-refractivity contribution in [2.45, 2.75) is 0 Å². The number of rotatable bonds is 4. The van der Waals surface area contributed by atoms with E-state index in [2.05, 4.69) is 25.8 Å². The monoisotopic (exact) mass is 315 g/mol. The van der Waals surface area contributed by atoms with Crippen LogP contribution in [0.25, 0.3) is 0 Å². The SMILES string of the molecule is Fc1cccc(Nc2cnnc(Nc3cccc(Cl)c3)n2)c1. The van der Waals surface area contributed by atoms with Gasteiger partial charge in [-0.2, -0.15) is 10.1 Å². The van der Waals surface area contributed by atoms with Gasteiger partial charge in [0.05, 0.1) is 6.20 Å². The molecule has 1 aromatic heterocycles. The summed E-state index contributed by atoms with van der Waals surface area (Å²) in [4.78, 5) is 4.26. The molecule has 0 unspecified atom stereocenters. The zero-order valence-electron chi connectivity index (χ0n) is 11.3. The molecule has 0 aliphatic carbocycles. The van der Waals surface area contributed by atoms with Crippen molar-refractivity contribution in [1.82, 2.24) is 15.2 Å². The first kappa shape index (κ1) is 14.2. The smallest absolute Gasteiger partial charge is 0.249 e. The molecule has 0 atom stereocenters. The van der Waals surface area contributed by atoms with Gasteiger partial charge in [0, 0.05) is 16.4 Å². The highest BCUT2D eigenvalue weighted by Crippen LogP contribution is 2.19. The van der Waals surface area contributed by atoms with Crippen LogP contribution in [0.15, 0.2) is 54.7 Å². The molecule has 7 heteroatoms. The van der Waals surface area contributed by atoms with Crippen molar-refractivity contribution in [3.63, 3.8) is 0 Å². The van der Waals surface area contributed by atoms with E-state index in [-0.39, 0.29) is 5.82 Å². The van der Waals surface area contributed by atoms with Crippen molar-refractivity contribution in [2.24, 2.45) is 0 Å². The Hall–Kier alpha value is -2.73. The van der Waals surface area contributed by atoms with Crippen LogP contribution in [0.5, 0.6) is 0 Å². The number of halogens is 2. The third kappa shape index (κ3) is 3.67. The van der Waals surface area contributed by atoms with Crippen molar-refractivity contribution < 1.29 is 4.39 Å². The Morgan fingerprint density at radius 1 is 0.955 bits per heavy atom. The topological polar surface area (TPSA) is 62.7 Å². The van der Waals surface area contributed by atoms with Crippen molar-refractivity contribution in [3.05, 3.63) is 65.6 Å². The molecular formula is C15H11ClFN5. The Labute approximate surface area is 131 Å². The molecule has 0 aliphatic rings. The summed E-state index contributed by atoms with van der Waals surface area (Å²) in [5.41, 5.74) is 1.33. The first-order chi connectivity index (χ1) is 10.7. The Bertz CT molecular complexity index is 733. The van der Waals surface area contributed by atoms with E-state index in [0.29, 0.717) is 22.5 Å². The van der Waals surface area contributed by atoms with E-state index in [9.17, 15) is 4.39 Å². The molecule has 3 rings (SSSR count). The number of aromatic nitrogens is 3. The van der Waals surface area contributed by atoms with Crippen LogP contribution in [0.1, 0.15) is 0 Å². The number of hydrogen-bond donors (Lipinski definition) is 2. The van der Waals surface area contributed by atoms with E-state index < -0.39 is 0 Å². The van der Waals surface area contributed by atoms with Gasteiger partial charge in [-0.05, 0) is 36.4 Å². The molecule has 5 nitrogen and oxygen atoms in total. The highest BCUT2D eigenvalue weighted by atomic mass is 35.5. The molecule has 22 heavy (non-hydrogen) atoms. The number of nitrogens with one attached hydrogen (secondary N) is 2. The second-order valence-corrected chi connectivity index (χ2v) is 4.87. The molecule has 0 aliphatic heterocycles. The van der Waals surface area contributed by atoms with Crippen LogP contribution in [0, 0.1) is 5.82 Å². The Balaban J connectivity index is 1.78. The van der Waals surface area contributed by atoms with E-state index in [0.717, 1.165) is 5.69 Å². The predicted molar refractivity (Wildman–Crippen MR) is 84.2 cm³/mol. The van der Waals surface area contributed by atoms with E-state index >= 15 is 0 Å². The third-order valence-electron chi connectivity index (χ3n) is 2.74. The van der Waals surface area contributed by atoms with Crippen molar-refractivity contribution in [3.8, 4) is 0 Å². The van der Waals surface area contributed by atoms with Crippen LogP contribution in [0.4, 0.5) is 27.5 Å². The fraction of sp³-hybridized carbons (Fsp3) is 0. The minimum atomic E-state index is -0.329. The Kier molecular flexibility index (Phi) is 4.11. The molecule has 0 saturated carbocycles. The molecule has 0 bridgehead atoms. The summed E-state index contributed by atoms with van der Waals surface area (Å²) in [6, 6.07) is 13.2. The summed E-state index contributed by atoms with van der Waals surface area (Å²) in [6.07, 6.45) is 1.45.